The topological polar surface area (TPSA) is 23.5 Å². The van der Waals surface area contributed by atoms with E-state index in [9.17, 15) is 5.11 Å². The summed E-state index contributed by atoms with van der Waals surface area (Å²) in [7, 11) is 0. The maximum Gasteiger partial charge on any atom is 0.0796 e. The molecule has 0 aliphatic carbocycles. The van der Waals surface area contributed by atoms with Gasteiger partial charge in [-0.1, -0.05) is 43.8 Å². The molecule has 1 N–H and O–H groups in total. The predicted molar refractivity (Wildman–Crippen MR) is 99.9 cm³/mol. The molecule has 1 unspecified atom stereocenters. The van der Waals surface area contributed by atoms with Crippen LogP contribution in [0.4, 0.5) is 0 Å². The summed E-state index contributed by atoms with van der Waals surface area (Å²) in [6.07, 6.45) is 1.09. The molecular weight excluding hydrogens is 302 g/mol. The van der Waals surface area contributed by atoms with E-state index in [4.69, 9.17) is 0 Å². The average molecular weight is 330 g/mol. The summed E-state index contributed by atoms with van der Waals surface area (Å²) < 4.78 is 0. The molecule has 0 aliphatic rings. The molecule has 23 heavy (non-hydrogen) atoms. The van der Waals surface area contributed by atoms with Crippen molar-refractivity contribution in [2.24, 2.45) is 0 Å². The number of aryl methyl sites for hydroxylation is 1. The first kappa shape index (κ1) is 17.9. The molecule has 0 bridgehead atoms. The van der Waals surface area contributed by atoms with Gasteiger partial charge in [-0.05, 0) is 48.0 Å². The Morgan fingerprint density at radius 1 is 1.26 bits per heavy atom. The molecular formula is C20H27NOS. The van der Waals surface area contributed by atoms with Crippen LogP contribution < -0.4 is 0 Å². The van der Waals surface area contributed by atoms with Crippen molar-refractivity contribution < 1.29 is 5.11 Å². The van der Waals surface area contributed by atoms with E-state index in [1.54, 1.807) is 11.3 Å². The van der Waals surface area contributed by atoms with E-state index in [1.807, 2.05) is 6.07 Å². The van der Waals surface area contributed by atoms with Gasteiger partial charge in [0.25, 0.3) is 0 Å². The van der Waals surface area contributed by atoms with E-state index in [2.05, 4.69) is 61.0 Å². The van der Waals surface area contributed by atoms with Gasteiger partial charge in [-0.2, -0.15) is 0 Å². The van der Waals surface area contributed by atoms with Gasteiger partial charge in [-0.15, -0.1) is 11.3 Å². The summed E-state index contributed by atoms with van der Waals surface area (Å²) >= 11 is 1.71. The zero-order chi connectivity index (χ0) is 16.7. The first-order chi connectivity index (χ1) is 11.1. The zero-order valence-electron chi connectivity index (χ0n) is 14.2. The molecule has 1 aromatic heterocycles. The number of hydrogen-bond donors (Lipinski definition) is 1. The molecule has 1 atom stereocenters. The number of rotatable bonds is 9. The minimum Gasteiger partial charge on any atom is -0.388 e. The normalized spacial score (nSPS) is 12.5. The van der Waals surface area contributed by atoms with Crippen molar-refractivity contribution in [3.05, 3.63) is 69.9 Å². The summed E-state index contributed by atoms with van der Waals surface area (Å²) in [5.74, 6) is 0. The molecule has 3 heteroatoms. The summed E-state index contributed by atoms with van der Waals surface area (Å²) in [4.78, 5) is 3.65. The Morgan fingerprint density at radius 2 is 2.00 bits per heavy atom. The predicted octanol–water partition coefficient (Wildman–Crippen LogP) is 4.43. The lowest BCUT2D eigenvalue weighted by Crippen LogP contribution is -2.26. The molecule has 0 saturated carbocycles. The summed E-state index contributed by atoms with van der Waals surface area (Å²) in [5.41, 5.74) is 3.53. The zero-order valence-corrected chi connectivity index (χ0v) is 15.0. The summed E-state index contributed by atoms with van der Waals surface area (Å²) in [6.45, 7) is 11.3. The fourth-order valence-electron chi connectivity index (χ4n) is 2.59. The van der Waals surface area contributed by atoms with Crippen molar-refractivity contribution in [2.45, 2.75) is 39.3 Å². The van der Waals surface area contributed by atoms with Crippen molar-refractivity contribution in [3.8, 4) is 0 Å². The number of thiophene rings is 1. The second-order valence-electron chi connectivity index (χ2n) is 6.01. The Labute approximate surface area is 144 Å². The molecule has 1 heterocycles. The third-order valence-electron chi connectivity index (χ3n) is 4.26. The summed E-state index contributed by atoms with van der Waals surface area (Å²) in [6, 6.07) is 12.6. The monoisotopic (exact) mass is 329 g/mol. The van der Waals surface area contributed by atoms with Crippen LogP contribution in [0, 0.1) is 6.92 Å². The van der Waals surface area contributed by atoms with Gasteiger partial charge in [0, 0.05) is 24.4 Å². The molecule has 0 fully saturated rings. The Kier molecular flexibility index (Phi) is 7.03. The molecule has 1 aromatic carbocycles. The van der Waals surface area contributed by atoms with Crippen molar-refractivity contribution >= 4 is 11.3 Å². The second kappa shape index (κ2) is 9.02. The number of nitrogens with zero attached hydrogens (tertiary/aromatic N) is 1. The molecule has 0 amide bonds. The first-order valence-electron chi connectivity index (χ1n) is 8.25. The molecule has 0 radical (unpaired) electrons. The largest absolute Gasteiger partial charge is 0.388 e. The van der Waals surface area contributed by atoms with Crippen LogP contribution in [0.2, 0.25) is 0 Å². The highest BCUT2D eigenvalue weighted by Crippen LogP contribution is 2.20. The highest BCUT2D eigenvalue weighted by molar-refractivity contribution is 7.10. The van der Waals surface area contributed by atoms with Crippen LogP contribution in [-0.4, -0.2) is 29.2 Å². The second-order valence-corrected chi connectivity index (χ2v) is 7.01. The molecule has 2 nitrogen and oxygen atoms in total. The van der Waals surface area contributed by atoms with Gasteiger partial charge < -0.3 is 5.11 Å². The number of benzene rings is 1. The molecule has 2 aromatic rings. The van der Waals surface area contributed by atoms with Crippen LogP contribution in [-0.2, 0) is 13.0 Å². The van der Waals surface area contributed by atoms with Gasteiger partial charge in [0.15, 0.2) is 0 Å². The smallest absolute Gasteiger partial charge is 0.0796 e. The quantitative estimate of drug-likeness (QED) is 0.688. The molecule has 124 valence electrons. The minimum absolute atomic E-state index is 0.442. The van der Waals surface area contributed by atoms with Crippen molar-refractivity contribution in [1.29, 1.82) is 0 Å². The van der Waals surface area contributed by atoms with Crippen LogP contribution in [0.5, 0.6) is 0 Å². The van der Waals surface area contributed by atoms with Crippen LogP contribution in [0.3, 0.4) is 0 Å². The Hall–Kier alpha value is -1.42. The average Bonchev–Trinajstić information content (AvgIpc) is 2.97. The van der Waals surface area contributed by atoms with Gasteiger partial charge in [-0.25, -0.2) is 0 Å². The molecule has 0 saturated heterocycles. The van der Waals surface area contributed by atoms with E-state index in [1.165, 1.54) is 16.0 Å². The number of hydrogen-bond acceptors (Lipinski definition) is 3. The number of aliphatic hydroxyl groups is 1. The highest BCUT2D eigenvalue weighted by Gasteiger charge is 2.13. The Balaban J connectivity index is 1.81. The van der Waals surface area contributed by atoms with Gasteiger partial charge in [-0.3, -0.25) is 4.90 Å². The van der Waals surface area contributed by atoms with Gasteiger partial charge >= 0.3 is 0 Å². The van der Waals surface area contributed by atoms with Gasteiger partial charge in [0.2, 0.25) is 0 Å². The molecule has 2 rings (SSSR count). The molecule has 0 aliphatic heterocycles. The summed E-state index contributed by atoms with van der Waals surface area (Å²) in [5, 5.41) is 12.5. The van der Waals surface area contributed by atoms with Crippen molar-refractivity contribution in [3.63, 3.8) is 0 Å². The van der Waals surface area contributed by atoms with Crippen LogP contribution in [0.15, 0.2) is 53.9 Å². The maximum absolute atomic E-state index is 10.4. The van der Waals surface area contributed by atoms with E-state index < -0.39 is 6.10 Å². The number of aliphatic hydroxyl groups excluding tert-OH is 1. The highest BCUT2D eigenvalue weighted by atomic mass is 32.1. The third kappa shape index (κ3) is 5.61. The van der Waals surface area contributed by atoms with Crippen LogP contribution >= 0.6 is 11.3 Å². The lowest BCUT2D eigenvalue weighted by Gasteiger charge is -2.22. The lowest BCUT2D eigenvalue weighted by molar-refractivity contribution is 0.201. The lowest BCUT2D eigenvalue weighted by atomic mass is 10.0. The van der Waals surface area contributed by atoms with E-state index in [0.29, 0.717) is 6.42 Å². The molecule has 0 spiro atoms. The first-order valence-corrected chi connectivity index (χ1v) is 9.13. The third-order valence-corrected chi connectivity index (χ3v) is 5.31. The van der Waals surface area contributed by atoms with E-state index in [-0.39, 0.29) is 0 Å². The van der Waals surface area contributed by atoms with Gasteiger partial charge in [0.1, 0.15) is 0 Å². The Bertz CT molecular complexity index is 605. The Morgan fingerprint density at radius 3 is 2.61 bits per heavy atom. The van der Waals surface area contributed by atoms with Crippen LogP contribution in [0.25, 0.3) is 0 Å². The van der Waals surface area contributed by atoms with Crippen molar-refractivity contribution in [1.82, 2.24) is 4.90 Å². The standard InChI is InChI=1S/C20H27NOS/c1-4-21(15-18-8-6-5-7-9-18)12-10-16(2)19(22)14-20-17(3)11-13-23-20/h5-9,11,13,19,22H,2,4,10,12,14-15H2,1,3H3. The fraction of sp³-hybridized carbons (Fsp3) is 0.400. The van der Waals surface area contributed by atoms with Gasteiger partial charge in [0.05, 0.1) is 6.10 Å². The SMILES string of the molecule is C=C(CCN(CC)Cc1ccccc1)C(O)Cc1sccc1C. The fourth-order valence-corrected chi connectivity index (χ4v) is 3.54. The van der Waals surface area contributed by atoms with E-state index in [0.717, 1.165) is 31.6 Å². The minimum atomic E-state index is -0.442. The van der Waals surface area contributed by atoms with Crippen LogP contribution in [0.1, 0.15) is 29.3 Å². The maximum atomic E-state index is 10.4. The van der Waals surface area contributed by atoms with E-state index >= 15 is 0 Å². The van der Waals surface area contributed by atoms with Crippen molar-refractivity contribution in [2.75, 3.05) is 13.1 Å².